The van der Waals surface area contributed by atoms with E-state index in [1.807, 2.05) is 6.07 Å². The highest BCUT2D eigenvalue weighted by Gasteiger charge is 2.28. The number of benzene rings is 1. The van der Waals surface area contributed by atoms with Crippen molar-refractivity contribution < 1.29 is 9.47 Å². The highest BCUT2D eigenvalue weighted by molar-refractivity contribution is 5.39. The molecule has 3 nitrogen and oxygen atoms in total. The van der Waals surface area contributed by atoms with Gasteiger partial charge in [0.2, 0.25) is 0 Å². The number of rotatable bonds is 5. The van der Waals surface area contributed by atoms with E-state index in [2.05, 4.69) is 12.1 Å². The van der Waals surface area contributed by atoms with Gasteiger partial charge in [-0.05, 0) is 48.4 Å². The molecule has 3 heteroatoms. The van der Waals surface area contributed by atoms with Gasteiger partial charge in [-0.3, -0.25) is 0 Å². The monoisotopic (exact) mass is 275 g/mol. The van der Waals surface area contributed by atoms with E-state index in [1.54, 1.807) is 7.11 Å². The molecule has 0 amide bonds. The number of methoxy groups -OCH3 is 1. The fraction of sp³-hybridized carbons (Fsp3) is 0.647. The first-order valence-corrected chi connectivity index (χ1v) is 7.82. The molecule has 2 aliphatic rings. The summed E-state index contributed by atoms with van der Waals surface area (Å²) in [6.07, 6.45) is 7.64. The Labute approximate surface area is 121 Å². The molecule has 1 saturated carbocycles. The van der Waals surface area contributed by atoms with Crippen molar-refractivity contribution in [3.05, 3.63) is 29.3 Å². The fourth-order valence-electron chi connectivity index (χ4n) is 3.27. The van der Waals surface area contributed by atoms with Gasteiger partial charge in [0.15, 0.2) is 0 Å². The number of fused-ring (bicyclic) bond motifs is 1. The molecule has 0 spiro atoms. The molecular weight excluding hydrogens is 250 g/mol. The van der Waals surface area contributed by atoms with Gasteiger partial charge in [-0.2, -0.15) is 0 Å². The predicted octanol–water partition coefficient (Wildman–Crippen LogP) is 3.22. The zero-order valence-electron chi connectivity index (χ0n) is 12.3. The van der Waals surface area contributed by atoms with Crippen LogP contribution in [0.1, 0.15) is 49.3 Å². The molecule has 0 bridgehead atoms. The van der Waals surface area contributed by atoms with Crippen molar-refractivity contribution in [1.29, 1.82) is 0 Å². The van der Waals surface area contributed by atoms with Crippen molar-refractivity contribution >= 4 is 0 Å². The van der Waals surface area contributed by atoms with E-state index in [4.69, 9.17) is 15.2 Å². The van der Waals surface area contributed by atoms with E-state index < -0.39 is 0 Å². The van der Waals surface area contributed by atoms with Gasteiger partial charge in [0.25, 0.3) is 0 Å². The number of nitrogens with two attached hydrogens (primary N) is 1. The van der Waals surface area contributed by atoms with E-state index >= 15 is 0 Å². The molecule has 0 saturated heterocycles. The van der Waals surface area contributed by atoms with Gasteiger partial charge in [0.1, 0.15) is 5.75 Å². The molecule has 110 valence electrons. The molecule has 0 radical (unpaired) electrons. The molecule has 20 heavy (non-hydrogen) atoms. The first-order chi connectivity index (χ1) is 9.78. The summed E-state index contributed by atoms with van der Waals surface area (Å²) >= 11 is 0. The van der Waals surface area contributed by atoms with Crippen molar-refractivity contribution in [2.75, 3.05) is 13.7 Å². The third-order valence-electron chi connectivity index (χ3n) is 4.89. The van der Waals surface area contributed by atoms with Crippen molar-refractivity contribution in [2.45, 2.75) is 50.7 Å². The number of hydrogen-bond acceptors (Lipinski definition) is 3. The molecule has 0 heterocycles. The maximum absolute atomic E-state index is 6.40. The Morgan fingerprint density at radius 1 is 1.25 bits per heavy atom. The summed E-state index contributed by atoms with van der Waals surface area (Å²) in [7, 11) is 1.70. The van der Waals surface area contributed by atoms with Crippen LogP contribution in [0.5, 0.6) is 5.75 Å². The third kappa shape index (κ3) is 2.84. The summed E-state index contributed by atoms with van der Waals surface area (Å²) in [5.41, 5.74) is 8.94. The zero-order valence-corrected chi connectivity index (χ0v) is 12.3. The molecule has 0 aliphatic heterocycles. The second kappa shape index (κ2) is 6.15. The molecule has 1 aromatic carbocycles. The maximum atomic E-state index is 6.40. The van der Waals surface area contributed by atoms with Gasteiger partial charge < -0.3 is 15.2 Å². The lowest BCUT2D eigenvalue weighted by molar-refractivity contribution is 0.0131. The van der Waals surface area contributed by atoms with Crippen LogP contribution < -0.4 is 10.5 Å². The highest BCUT2D eigenvalue weighted by Crippen LogP contribution is 2.34. The molecular formula is C17H25NO2. The van der Waals surface area contributed by atoms with Crippen LogP contribution in [-0.2, 0) is 11.2 Å². The van der Waals surface area contributed by atoms with Crippen LogP contribution in [0.2, 0.25) is 0 Å². The predicted molar refractivity (Wildman–Crippen MR) is 79.9 cm³/mol. The molecule has 2 aliphatic carbocycles. The molecule has 2 atom stereocenters. The average Bonchev–Trinajstić information content (AvgIpc) is 2.43. The normalized spacial score (nSPS) is 25.9. The number of hydrogen-bond donors (Lipinski definition) is 1. The van der Waals surface area contributed by atoms with E-state index in [9.17, 15) is 0 Å². The lowest BCUT2D eigenvalue weighted by Crippen LogP contribution is -2.34. The van der Waals surface area contributed by atoms with Crippen LogP contribution in [0.3, 0.4) is 0 Å². The molecule has 2 N–H and O–H groups in total. The first kappa shape index (κ1) is 13.9. The largest absolute Gasteiger partial charge is 0.497 e. The van der Waals surface area contributed by atoms with Gasteiger partial charge in [-0.25, -0.2) is 0 Å². The average molecular weight is 275 g/mol. The summed E-state index contributed by atoms with van der Waals surface area (Å²) in [5, 5.41) is 0. The van der Waals surface area contributed by atoms with E-state index in [0.29, 0.717) is 0 Å². The molecule has 1 aromatic rings. The first-order valence-electron chi connectivity index (χ1n) is 7.82. The summed E-state index contributed by atoms with van der Waals surface area (Å²) < 4.78 is 11.4. The van der Waals surface area contributed by atoms with Crippen LogP contribution in [0.25, 0.3) is 0 Å². The molecule has 2 unspecified atom stereocenters. The minimum atomic E-state index is -0.0183. The summed E-state index contributed by atoms with van der Waals surface area (Å²) in [6, 6.07) is 6.21. The summed E-state index contributed by atoms with van der Waals surface area (Å²) in [4.78, 5) is 0. The van der Waals surface area contributed by atoms with Gasteiger partial charge in [0.05, 0.1) is 19.3 Å². The van der Waals surface area contributed by atoms with Crippen molar-refractivity contribution in [1.82, 2.24) is 0 Å². The number of aryl methyl sites for hydroxylation is 1. The Morgan fingerprint density at radius 3 is 2.80 bits per heavy atom. The second-order valence-electron chi connectivity index (χ2n) is 6.12. The van der Waals surface area contributed by atoms with E-state index in [-0.39, 0.29) is 12.1 Å². The standard InChI is InChI=1S/C17H25NO2/c1-19-14-7-5-13-6-8-16(17(18)15(13)11-14)20-10-9-12-3-2-4-12/h5,7,11-12,16-17H,2-4,6,8-10,18H2,1H3. The molecule has 0 aromatic heterocycles. The Morgan fingerprint density at radius 2 is 2.10 bits per heavy atom. The lowest BCUT2D eigenvalue weighted by atomic mass is 9.83. The fourth-order valence-corrected chi connectivity index (χ4v) is 3.27. The maximum Gasteiger partial charge on any atom is 0.119 e. The summed E-state index contributed by atoms with van der Waals surface area (Å²) in [5.74, 6) is 1.79. The van der Waals surface area contributed by atoms with E-state index in [0.717, 1.165) is 31.1 Å². The summed E-state index contributed by atoms with van der Waals surface area (Å²) in [6.45, 7) is 0.863. The lowest BCUT2D eigenvalue weighted by Gasteiger charge is -2.32. The van der Waals surface area contributed by atoms with Crippen molar-refractivity contribution in [3.8, 4) is 5.75 Å². The quantitative estimate of drug-likeness (QED) is 0.897. The van der Waals surface area contributed by atoms with Crippen LogP contribution in [0, 0.1) is 5.92 Å². The smallest absolute Gasteiger partial charge is 0.119 e. The van der Waals surface area contributed by atoms with Crippen molar-refractivity contribution in [3.63, 3.8) is 0 Å². The van der Waals surface area contributed by atoms with Gasteiger partial charge in [-0.15, -0.1) is 0 Å². The molecule has 3 rings (SSSR count). The van der Waals surface area contributed by atoms with Crippen LogP contribution in [0.15, 0.2) is 18.2 Å². The third-order valence-corrected chi connectivity index (χ3v) is 4.89. The Bertz CT molecular complexity index is 456. The second-order valence-corrected chi connectivity index (χ2v) is 6.12. The molecule has 1 fully saturated rings. The minimum absolute atomic E-state index is 0.0183. The Hall–Kier alpha value is -1.06. The SMILES string of the molecule is COc1ccc2c(c1)C(N)C(OCCC1CCC1)CC2. The van der Waals surface area contributed by atoms with Crippen LogP contribution >= 0.6 is 0 Å². The topological polar surface area (TPSA) is 44.5 Å². The highest BCUT2D eigenvalue weighted by atomic mass is 16.5. The van der Waals surface area contributed by atoms with Gasteiger partial charge in [0, 0.05) is 6.61 Å². The zero-order chi connectivity index (χ0) is 13.9. The van der Waals surface area contributed by atoms with Gasteiger partial charge >= 0.3 is 0 Å². The Balaban J connectivity index is 1.60. The number of ether oxygens (including phenoxy) is 2. The van der Waals surface area contributed by atoms with Crippen molar-refractivity contribution in [2.24, 2.45) is 11.7 Å². The minimum Gasteiger partial charge on any atom is -0.497 e. The Kier molecular flexibility index (Phi) is 4.27. The van der Waals surface area contributed by atoms with Crippen LogP contribution in [-0.4, -0.2) is 19.8 Å². The van der Waals surface area contributed by atoms with E-state index in [1.165, 1.54) is 36.8 Å². The van der Waals surface area contributed by atoms with Crippen LogP contribution in [0.4, 0.5) is 0 Å². The van der Waals surface area contributed by atoms with Gasteiger partial charge in [-0.1, -0.05) is 25.3 Å².